The van der Waals surface area contributed by atoms with Crippen LogP contribution in [-0.2, 0) is 18.7 Å². The highest BCUT2D eigenvalue weighted by Gasteiger charge is 2.53. The van der Waals surface area contributed by atoms with E-state index in [2.05, 4.69) is 45.0 Å². The van der Waals surface area contributed by atoms with Crippen molar-refractivity contribution in [2.75, 3.05) is 6.61 Å². The molecule has 0 saturated carbocycles. The molecule has 0 unspecified atom stereocenters. The van der Waals surface area contributed by atoms with Crippen molar-refractivity contribution in [3.8, 4) is 0 Å². The third-order valence-electron chi connectivity index (χ3n) is 6.40. The minimum atomic E-state index is -2.95. The molecule has 5 atom stereocenters. The van der Waals surface area contributed by atoms with Crippen LogP contribution in [0.2, 0.25) is 5.04 Å². The first-order valence-corrected chi connectivity index (χ1v) is 13.9. The van der Waals surface area contributed by atoms with Crippen LogP contribution in [0.25, 0.3) is 0 Å². The van der Waals surface area contributed by atoms with Gasteiger partial charge in [-0.05, 0) is 36.2 Å². The van der Waals surface area contributed by atoms with E-state index in [0.29, 0.717) is 0 Å². The van der Waals surface area contributed by atoms with Gasteiger partial charge in [0.1, 0.15) is 18.3 Å². The maximum absolute atomic E-state index is 12.7. The molecular formula is C27H38O7Si. The van der Waals surface area contributed by atoms with Gasteiger partial charge in [0.25, 0.3) is 8.32 Å². The Bertz CT molecular complexity index is 929. The van der Waals surface area contributed by atoms with Crippen molar-refractivity contribution in [2.45, 2.75) is 77.3 Å². The Morgan fingerprint density at radius 1 is 0.857 bits per heavy atom. The van der Waals surface area contributed by atoms with Gasteiger partial charge in [-0.3, -0.25) is 4.79 Å². The zero-order valence-corrected chi connectivity index (χ0v) is 22.3. The van der Waals surface area contributed by atoms with E-state index in [1.807, 2.05) is 36.4 Å². The lowest BCUT2D eigenvalue weighted by Crippen LogP contribution is -2.68. The van der Waals surface area contributed by atoms with Gasteiger partial charge < -0.3 is 29.2 Å². The smallest absolute Gasteiger partial charge is 0.311 e. The lowest BCUT2D eigenvalue weighted by molar-refractivity contribution is -0.290. The van der Waals surface area contributed by atoms with Crippen LogP contribution < -0.4 is 10.4 Å². The summed E-state index contributed by atoms with van der Waals surface area (Å²) in [4.78, 5) is 12.7. The van der Waals surface area contributed by atoms with Crippen molar-refractivity contribution < 1.29 is 34.0 Å². The first-order chi connectivity index (χ1) is 16.3. The Hall–Kier alpha value is -2.07. The number of aliphatic hydroxyl groups is 3. The number of aliphatic hydroxyl groups excluding tert-OH is 3. The molecule has 1 heterocycles. The molecule has 0 radical (unpaired) electrons. The van der Waals surface area contributed by atoms with Crippen LogP contribution in [0.4, 0.5) is 0 Å². The van der Waals surface area contributed by atoms with Crippen molar-refractivity contribution in [2.24, 2.45) is 5.41 Å². The largest absolute Gasteiger partial charge is 0.456 e. The van der Waals surface area contributed by atoms with E-state index in [4.69, 9.17) is 13.9 Å². The van der Waals surface area contributed by atoms with E-state index in [9.17, 15) is 20.1 Å². The Labute approximate surface area is 208 Å². The molecule has 0 amide bonds. The van der Waals surface area contributed by atoms with Crippen LogP contribution in [0, 0.1) is 5.41 Å². The third-order valence-corrected chi connectivity index (χ3v) is 11.4. The molecule has 8 heteroatoms. The summed E-state index contributed by atoms with van der Waals surface area (Å²) in [5.41, 5.74) is -0.829. The van der Waals surface area contributed by atoms with Gasteiger partial charge in [-0.2, -0.15) is 0 Å². The number of ether oxygens (including phenoxy) is 2. The summed E-state index contributed by atoms with van der Waals surface area (Å²) >= 11 is 0. The SMILES string of the molecule is CC(C)(C)C(=O)O[C@H]1[C@H](O)[C@@H](O)[C@H](O)O[C@@H]1CO[Si](c1ccccc1)(c1ccccc1)C(C)(C)C. The van der Waals surface area contributed by atoms with E-state index in [1.165, 1.54) is 0 Å². The zero-order valence-electron chi connectivity index (χ0n) is 21.3. The Morgan fingerprint density at radius 2 is 1.34 bits per heavy atom. The molecular weight excluding hydrogens is 464 g/mol. The lowest BCUT2D eigenvalue weighted by Gasteiger charge is -2.46. The number of carbonyl (C=O) groups excluding carboxylic acids is 1. The molecule has 7 nitrogen and oxygen atoms in total. The molecule has 1 aliphatic heterocycles. The summed E-state index contributed by atoms with van der Waals surface area (Å²) in [5, 5.41) is 33.0. The molecule has 3 N–H and O–H groups in total. The second kappa shape index (κ2) is 10.5. The summed E-state index contributed by atoms with van der Waals surface area (Å²) < 4.78 is 18.1. The van der Waals surface area contributed by atoms with Crippen molar-refractivity contribution in [1.82, 2.24) is 0 Å². The minimum absolute atomic E-state index is 0.0593. The van der Waals surface area contributed by atoms with Crippen LogP contribution >= 0.6 is 0 Å². The predicted molar refractivity (Wildman–Crippen MR) is 136 cm³/mol. The van der Waals surface area contributed by atoms with E-state index in [0.717, 1.165) is 10.4 Å². The second-order valence-corrected chi connectivity index (χ2v) is 15.4. The van der Waals surface area contributed by atoms with Crippen LogP contribution in [-0.4, -0.2) is 66.9 Å². The van der Waals surface area contributed by atoms with E-state index < -0.39 is 50.4 Å². The third kappa shape index (κ3) is 5.68. The standard InChI is InChI=1S/C27H38O7Si/c1-26(2,3)25(31)34-23-20(33-24(30)22(29)21(23)28)17-32-35(27(4,5)6,18-13-9-7-10-14-18)19-15-11-8-12-16-19/h7-16,20-24,28-30H,17H2,1-6H3/t20-,21-,22-,23-,24-/m1/s1. The summed E-state index contributed by atoms with van der Waals surface area (Å²) in [6.07, 6.45) is -6.98. The van der Waals surface area contributed by atoms with Gasteiger partial charge in [-0.1, -0.05) is 81.4 Å². The van der Waals surface area contributed by atoms with Crippen LogP contribution in [0.15, 0.2) is 60.7 Å². The predicted octanol–water partition coefficient (Wildman–Crippen LogP) is 1.96. The fourth-order valence-corrected chi connectivity index (χ4v) is 9.04. The van der Waals surface area contributed by atoms with E-state index in [-0.39, 0.29) is 11.6 Å². The van der Waals surface area contributed by atoms with E-state index in [1.54, 1.807) is 20.8 Å². The van der Waals surface area contributed by atoms with Gasteiger partial charge in [-0.25, -0.2) is 0 Å². The molecule has 0 bridgehead atoms. The average molecular weight is 503 g/mol. The molecule has 1 fully saturated rings. The molecule has 2 aromatic rings. The van der Waals surface area contributed by atoms with Gasteiger partial charge >= 0.3 is 5.97 Å². The summed E-state index contributed by atoms with van der Waals surface area (Å²) in [6.45, 7) is 11.4. The molecule has 0 aromatic heterocycles. The monoisotopic (exact) mass is 502 g/mol. The molecule has 0 spiro atoms. The highest BCUT2D eigenvalue weighted by molar-refractivity contribution is 6.99. The fraction of sp³-hybridized carbons (Fsp3) is 0.519. The zero-order chi connectivity index (χ0) is 26.0. The Kier molecular flexibility index (Phi) is 8.25. The maximum Gasteiger partial charge on any atom is 0.311 e. The Balaban J connectivity index is 2.02. The van der Waals surface area contributed by atoms with Gasteiger partial charge in [0.2, 0.25) is 0 Å². The number of hydrogen-bond acceptors (Lipinski definition) is 7. The number of rotatable bonds is 6. The first-order valence-electron chi connectivity index (χ1n) is 11.9. The number of benzene rings is 2. The molecule has 3 rings (SSSR count). The molecule has 35 heavy (non-hydrogen) atoms. The lowest BCUT2D eigenvalue weighted by atomic mass is 9.95. The van der Waals surface area contributed by atoms with Gasteiger partial charge in [-0.15, -0.1) is 0 Å². The fourth-order valence-electron chi connectivity index (χ4n) is 4.47. The summed E-state index contributed by atoms with van der Waals surface area (Å²) in [5.74, 6) is -0.552. The minimum Gasteiger partial charge on any atom is -0.456 e. The second-order valence-electron chi connectivity index (χ2n) is 11.1. The van der Waals surface area contributed by atoms with Crippen LogP contribution in [0.1, 0.15) is 41.5 Å². The number of hydrogen-bond donors (Lipinski definition) is 3. The summed E-state index contributed by atoms with van der Waals surface area (Å²) in [7, 11) is -2.95. The van der Waals surface area contributed by atoms with Crippen molar-refractivity contribution in [3.63, 3.8) is 0 Å². The van der Waals surface area contributed by atoms with E-state index >= 15 is 0 Å². The van der Waals surface area contributed by atoms with Gasteiger partial charge in [0.15, 0.2) is 12.4 Å². The van der Waals surface area contributed by atoms with Crippen LogP contribution in [0.3, 0.4) is 0 Å². The highest BCUT2D eigenvalue weighted by atomic mass is 28.4. The molecule has 2 aromatic carbocycles. The highest BCUT2D eigenvalue weighted by Crippen LogP contribution is 2.37. The van der Waals surface area contributed by atoms with Crippen LogP contribution in [0.5, 0.6) is 0 Å². The van der Waals surface area contributed by atoms with Gasteiger partial charge in [0.05, 0.1) is 12.0 Å². The van der Waals surface area contributed by atoms with Crippen molar-refractivity contribution in [3.05, 3.63) is 60.7 Å². The molecule has 192 valence electrons. The maximum atomic E-state index is 12.7. The normalized spacial score (nSPS) is 25.8. The average Bonchev–Trinajstić information content (AvgIpc) is 2.80. The summed E-state index contributed by atoms with van der Waals surface area (Å²) in [6, 6.07) is 20.0. The molecule has 1 aliphatic rings. The Morgan fingerprint density at radius 3 is 1.77 bits per heavy atom. The first kappa shape index (κ1) is 27.5. The molecule has 0 aliphatic carbocycles. The van der Waals surface area contributed by atoms with Crippen molar-refractivity contribution >= 4 is 24.7 Å². The van der Waals surface area contributed by atoms with Gasteiger partial charge in [0, 0.05) is 0 Å². The molecule has 1 saturated heterocycles. The number of carbonyl (C=O) groups is 1. The van der Waals surface area contributed by atoms with Crippen molar-refractivity contribution in [1.29, 1.82) is 0 Å². The number of esters is 1. The topological polar surface area (TPSA) is 105 Å². The quantitative estimate of drug-likeness (QED) is 0.410.